The summed E-state index contributed by atoms with van der Waals surface area (Å²) in [5.41, 5.74) is 8.73. The maximum Gasteiger partial charge on any atom is 0.140 e. The lowest BCUT2D eigenvalue weighted by molar-refractivity contribution is 0.629. The fourth-order valence-corrected chi connectivity index (χ4v) is 3.12. The van der Waals surface area contributed by atoms with Crippen molar-refractivity contribution in [2.75, 3.05) is 5.73 Å². The molecule has 0 aliphatic rings. The molecule has 2 aromatic carbocycles. The van der Waals surface area contributed by atoms with Gasteiger partial charge >= 0.3 is 0 Å². The van der Waals surface area contributed by atoms with E-state index in [4.69, 9.17) is 5.73 Å². The van der Waals surface area contributed by atoms with E-state index >= 15 is 0 Å². The van der Waals surface area contributed by atoms with E-state index in [1.807, 2.05) is 12.1 Å². The second kappa shape index (κ2) is 4.61. The van der Waals surface area contributed by atoms with Gasteiger partial charge in [-0.25, -0.2) is 9.37 Å². The number of H-pyrrole nitrogens is 1. The number of halogens is 3. The number of imidazole rings is 1. The number of hydrogen-bond acceptors (Lipinski definition) is 2. The Kier molecular flexibility index (Phi) is 3.06. The minimum Gasteiger partial charge on any atom is -0.397 e. The Morgan fingerprint density at radius 1 is 1.16 bits per heavy atom. The summed E-state index contributed by atoms with van der Waals surface area (Å²) in [5.74, 6) is 0.311. The zero-order valence-corrected chi connectivity index (χ0v) is 12.7. The van der Waals surface area contributed by atoms with Crippen LogP contribution in [0.3, 0.4) is 0 Å². The average molecular weight is 385 g/mol. The number of anilines is 1. The van der Waals surface area contributed by atoms with Crippen LogP contribution in [0.5, 0.6) is 0 Å². The number of rotatable bonds is 1. The summed E-state index contributed by atoms with van der Waals surface area (Å²) in [4.78, 5) is 7.50. The van der Waals surface area contributed by atoms with Crippen LogP contribution in [-0.2, 0) is 0 Å². The lowest BCUT2D eigenvalue weighted by atomic mass is 10.2. The van der Waals surface area contributed by atoms with Crippen LogP contribution in [0.1, 0.15) is 0 Å². The van der Waals surface area contributed by atoms with Gasteiger partial charge in [0.05, 0.1) is 16.7 Å². The first-order valence-electron chi connectivity index (χ1n) is 5.45. The van der Waals surface area contributed by atoms with E-state index in [1.165, 1.54) is 12.1 Å². The van der Waals surface area contributed by atoms with Gasteiger partial charge in [-0.2, -0.15) is 0 Å². The van der Waals surface area contributed by atoms with Crippen molar-refractivity contribution < 1.29 is 4.39 Å². The Hall–Kier alpha value is -1.40. The van der Waals surface area contributed by atoms with Crippen LogP contribution in [0.2, 0.25) is 0 Å². The fourth-order valence-electron chi connectivity index (χ4n) is 1.89. The molecule has 0 amide bonds. The van der Waals surface area contributed by atoms with Crippen molar-refractivity contribution in [2.24, 2.45) is 0 Å². The summed E-state index contributed by atoms with van der Waals surface area (Å²) in [6.07, 6.45) is 0. The smallest absolute Gasteiger partial charge is 0.140 e. The highest BCUT2D eigenvalue weighted by atomic mass is 79.9. The first-order valence-corrected chi connectivity index (χ1v) is 7.03. The Balaban J connectivity index is 2.24. The van der Waals surface area contributed by atoms with Gasteiger partial charge in [0.2, 0.25) is 0 Å². The lowest BCUT2D eigenvalue weighted by Gasteiger charge is -2.05. The van der Waals surface area contributed by atoms with E-state index in [-0.39, 0.29) is 5.82 Å². The molecular weight excluding hydrogens is 377 g/mol. The third-order valence-electron chi connectivity index (χ3n) is 2.79. The van der Waals surface area contributed by atoms with Crippen LogP contribution in [0.25, 0.3) is 22.4 Å². The molecule has 3 rings (SSSR count). The SMILES string of the molecule is Nc1c(Br)cc(Br)cc1-c1nc2ccc(F)cc2[nH]1. The second-order valence-corrected chi connectivity index (χ2v) is 5.87. The number of fused-ring (bicyclic) bond motifs is 1. The fraction of sp³-hybridized carbons (Fsp3) is 0. The van der Waals surface area contributed by atoms with Crippen LogP contribution in [0.4, 0.5) is 10.1 Å². The second-order valence-electron chi connectivity index (χ2n) is 4.10. The van der Waals surface area contributed by atoms with Crippen molar-refractivity contribution in [3.8, 4) is 11.4 Å². The van der Waals surface area contributed by atoms with Crippen molar-refractivity contribution in [1.29, 1.82) is 0 Å². The summed E-state index contributed by atoms with van der Waals surface area (Å²) in [7, 11) is 0. The van der Waals surface area contributed by atoms with Crippen LogP contribution < -0.4 is 5.73 Å². The molecule has 1 heterocycles. The summed E-state index contributed by atoms with van der Waals surface area (Å²) >= 11 is 6.81. The largest absolute Gasteiger partial charge is 0.397 e. The monoisotopic (exact) mass is 383 g/mol. The van der Waals surface area contributed by atoms with Crippen LogP contribution in [-0.4, -0.2) is 9.97 Å². The molecule has 6 heteroatoms. The van der Waals surface area contributed by atoms with Gasteiger partial charge in [-0.3, -0.25) is 0 Å². The summed E-state index contributed by atoms with van der Waals surface area (Å²) in [6.45, 7) is 0. The number of nitrogens with zero attached hydrogens (tertiary/aromatic N) is 1. The van der Waals surface area contributed by atoms with Gasteiger partial charge in [-0.05, 0) is 46.3 Å². The number of benzene rings is 2. The maximum atomic E-state index is 13.2. The number of nitrogens with two attached hydrogens (primary N) is 1. The third kappa shape index (κ3) is 2.26. The van der Waals surface area contributed by atoms with Crippen molar-refractivity contribution in [3.63, 3.8) is 0 Å². The van der Waals surface area contributed by atoms with Crippen LogP contribution in [0, 0.1) is 5.82 Å². The highest BCUT2D eigenvalue weighted by Gasteiger charge is 2.12. The molecule has 3 nitrogen and oxygen atoms in total. The summed E-state index contributed by atoms with van der Waals surface area (Å²) in [5, 5.41) is 0. The normalized spacial score (nSPS) is 11.1. The van der Waals surface area contributed by atoms with E-state index in [0.29, 0.717) is 22.5 Å². The quantitative estimate of drug-likeness (QED) is 0.608. The first-order chi connectivity index (χ1) is 9.04. The predicted octanol–water partition coefficient (Wildman–Crippen LogP) is 4.48. The van der Waals surface area contributed by atoms with Gasteiger partial charge in [0.1, 0.15) is 11.6 Å². The zero-order valence-electron chi connectivity index (χ0n) is 9.55. The minimum absolute atomic E-state index is 0.300. The number of nitrogen functional groups attached to an aromatic ring is 1. The Morgan fingerprint density at radius 3 is 2.74 bits per heavy atom. The highest BCUT2D eigenvalue weighted by Crippen LogP contribution is 2.34. The first kappa shape index (κ1) is 12.6. The number of aromatic nitrogens is 2. The molecule has 0 radical (unpaired) electrons. The standard InChI is InChI=1S/C13H8Br2FN3/c14-6-3-8(12(17)9(15)4-6)13-18-10-2-1-7(16)5-11(10)19-13/h1-5H,17H2,(H,18,19). The molecule has 0 saturated carbocycles. The van der Waals surface area contributed by atoms with Gasteiger partial charge in [0.25, 0.3) is 0 Å². The molecule has 0 atom stereocenters. The average Bonchev–Trinajstić information content (AvgIpc) is 2.76. The zero-order chi connectivity index (χ0) is 13.6. The molecule has 0 fully saturated rings. The molecule has 19 heavy (non-hydrogen) atoms. The van der Waals surface area contributed by atoms with Gasteiger partial charge < -0.3 is 10.7 Å². The number of aromatic amines is 1. The Labute approximate surface area is 125 Å². The number of hydrogen-bond donors (Lipinski definition) is 2. The molecule has 3 aromatic rings. The predicted molar refractivity (Wildman–Crippen MR) is 81.3 cm³/mol. The Bertz CT molecular complexity index is 783. The van der Waals surface area contributed by atoms with Crippen molar-refractivity contribution >= 4 is 48.6 Å². The van der Waals surface area contributed by atoms with Crippen molar-refractivity contribution in [3.05, 3.63) is 45.1 Å². The molecule has 96 valence electrons. The van der Waals surface area contributed by atoms with Crippen molar-refractivity contribution in [2.45, 2.75) is 0 Å². The van der Waals surface area contributed by atoms with Gasteiger partial charge in [-0.15, -0.1) is 0 Å². The summed E-state index contributed by atoms with van der Waals surface area (Å²) in [6, 6.07) is 8.16. The molecule has 3 N–H and O–H groups in total. The molecule has 0 aliphatic heterocycles. The van der Waals surface area contributed by atoms with Crippen molar-refractivity contribution in [1.82, 2.24) is 9.97 Å². The number of nitrogens with one attached hydrogen (secondary N) is 1. The van der Waals surface area contributed by atoms with E-state index < -0.39 is 0 Å². The maximum absolute atomic E-state index is 13.2. The molecule has 0 bridgehead atoms. The molecular formula is C13H8Br2FN3. The van der Waals surface area contributed by atoms with E-state index in [1.54, 1.807) is 6.07 Å². The lowest BCUT2D eigenvalue weighted by Crippen LogP contribution is -1.93. The topological polar surface area (TPSA) is 54.7 Å². The third-order valence-corrected chi connectivity index (χ3v) is 3.91. The Morgan fingerprint density at radius 2 is 1.95 bits per heavy atom. The molecule has 0 unspecified atom stereocenters. The van der Waals surface area contributed by atoms with Gasteiger partial charge in [0.15, 0.2) is 0 Å². The summed E-state index contributed by atoms with van der Waals surface area (Å²) < 4.78 is 14.8. The van der Waals surface area contributed by atoms with E-state index in [0.717, 1.165) is 14.5 Å². The molecule has 0 aliphatic carbocycles. The van der Waals surface area contributed by atoms with E-state index in [2.05, 4.69) is 41.8 Å². The molecule has 0 spiro atoms. The van der Waals surface area contributed by atoms with E-state index in [9.17, 15) is 4.39 Å². The minimum atomic E-state index is -0.300. The van der Waals surface area contributed by atoms with Gasteiger partial charge in [0, 0.05) is 14.5 Å². The van der Waals surface area contributed by atoms with Crippen LogP contribution >= 0.6 is 31.9 Å². The van der Waals surface area contributed by atoms with Crippen LogP contribution in [0.15, 0.2) is 39.3 Å². The molecule has 0 saturated heterocycles. The van der Waals surface area contributed by atoms with Gasteiger partial charge in [-0.1, -0.05) is 15.9 Å². The highest BCUT2D eigenvalue weighted by molar-refractivity contribution is 9.11. The molecule has 1 aromatic heterocycles.